The van der Waals surface area contributed by atoms with Crippen LogP contribution in [0.3, 0.4) is 0 Å². The number of aryl methyl sites for hydroxylation is 1. The molecule has 0 atom stereocenters. The highest BCUT2D eigenvalue weighted by Gasteiger charge is 1.98. The molecule has 0 saturated heterocycles. The Morgan fingerprint density at radius 2 is 1.69 bits per heavy atom. The fourth-order valence-corrected chi connectivity index (χ4v) is 1.19. The summed E-state index contributed by atoms with van der Waals surface area (Å²) in [4.78, 5) is 8.15. The highest BCUT2D eigenvalue weighted by molar-refractivity contribution is 5.86. The first kappa shape index (κ1) is 14.4. The molecule has 0 radical (unpaired) electrons. The van der Waals surface area contributed by atoms with Crippen molar-refractivity contribution in [1.82, 2.24) is 9.97 Å². The molecule has 2 aromatic rings. The topological polar surface area (TPSA) is 51.8 Å². The van der Waals surface area contributed by atoms with Gasteiger partial charge in [-0.05, 0) is 24.6 Å². The number of nitrogen functional groups attached to an aromatic ring is 1. The minimum absolute atomic E-state index is 0.493. The molecule has 0 aromatic carbocycles. The van der Waals surface area contributed by atoms with Crippen LogP contribution in [0, 0.1) is 6.92 Å². The first-order valence-corrected chi connectivity index (χ1v) is 5.74. The van der Waals surface area contributed by atoms with Gasteiger partial charge in [-0.2, -0.15) is 0 Å². The summed E-state index contributed by atoms with van der Waals surface area (Å²) in [5.74, 6) is 0.493. The number of rotatable bonds is 0. The molecule has 0 bridgehead atoms. The molecular formula is C13H21N3. The first-order valence-electron chi connectivity index (χ1n) is 5.74. The Morgan fingerprint density at radius 3 is 2.31 bits per heavy atom. The molecule has 0 aliphatic carbocycles. The van der Waals surface area contributed by atoms with Crippen LogP contribution >= 0.6 is 0 Å². The van der Waals surface area contributed by atoms with Gasteiger partial charge in [-0.3, -0.25) is 4.98 Å². The Kier molecular flexibility index (Phi) is 6.84. The molecule has 0 amide bonds. The van der Waals surface area contributed by atoms with Crippen molar-refractivity contribution in [2.75, 3.05) is 5.73 Å². The highest BCUT2D eigenvalue weighted by atomic mass is 14.9. The second-order valence-corrected chi connectivity index (χ2v) is 2.78. The van der Waals surface area contributed by atoms with Crippen LogP contribution in [-0.4, -0.2) is 9.97 Å². The number of nitrogens with zero attached hydrogens (tertiary/aromatic N) is 2. The fraction of sp³-hybridized carbons (Fsp3) is 0.385. The van der Waals surface area contributed by atoms with Crippen molar-refractivity contribution >= 4 is 16.7 Å². The number of hydrogen-bond acceptors (Lipinski definition) is 3. The predicted octanol–water partition coefficient (Wildman–Crippen LogP) is 3.57. The van der Waals surface area contributed by atoms with Crippen LogP contribution in [0.4, 0.5) is 5.82 Å². The molecule has 0 spiro atoms. The number of hydrogen-bond donors (Lipinski definition) is 1. The third-order valence-electron chi connectivity index (χ3n) is 1.76. The summed E-state index contributed by atoms with van der Waals surface area (Å²) < 4.78 is 0. The molecule has 3 heteroatoms. The fourth-order valence-electron chi connectivity index (χ4n) is 1.19. The minimum atomic E-state index is 0.493. The van der Waals surface area contributed by atoms with E-state index in [2.05, 4.69) is 9.97 Å². The molecule has 0 saturated carbocycles. The summed E-state index contributed by atoms with van der Waals surface area (Å²) in [6.07, 6.45) is 3.49. The third-order valence-corrected chi connectivity index (χ3v) is 1.76. The number of nitrogens with two attached hydrogens (primary N) is 1. The summed E-state index contributed by atoms with van der Waals surface area (Å²) in [5, 5.41) is 1.04. The van der Waals surface area contributed by atoms with Gasteiger partial charge in [-0.1, -0.05) is 27.7 Å². The van der Waals surface area contributed by atoms with Crippen LogP contribution in [0.2, 0.25) is 0 Å². The predicted molar refractivity (Wildman–Crippen MR) is 71.4 cm³/mol. The zero-order valence-corrected chi connectivity index (χ0v) is 10.8. The molecule has 88 valence electrons. The van der Waals surface area contributed by atoms with Crippen LogP contribution in [0.25, 0.3) is 10.9 Å². The Bertz CT molecular complexity index is 424. The van der Waals surface area contributed by atoms with Gasteiger partial charge in [0.25, 0.3) is 0 Å². The Morgan fingerprint density at radius 1 is 1.06 bits per heavy atom. The summed E-state index contributed by atoms with van der Waals surface area (Å²) >= 11 is 0. The molecule has 0 aliphatic rings. The van der Waals surface area contributed by atoms with E-state index in [9.17, 15) is 0 Å². The molecule has 0 aliphatic heterocycles. The van der Waals surface area contributed by atoms with Crippen LogP contribution in [0.5, 0.6) is 0 Å². The molecule has 2 heterocycles. The van der Waals surface area contributed by atoms with Crippen molar-refractivity contribution in [2.24, 2.45) is 0 Å². The van der Waals surface area contributed by atoms with Crippen molar-refractivity contribution in [3.63, 3.8) is 0 Å². The molecule has 2 rings (SSSR count). The van der Waals surface area contributed by atoms with Crippen LogP contribution < -0.4 is 5.73 Å². The largest absolute Gasteiger partial charge is 0.382 e. The Labute approximate surface area is 97.7 Å². The van der Waals surface area contributed by atoms with Gasteiger partial charge in [-0.25, -0.2) is 4.98 Å². The maximum Gasteiger partial charge on any atom is 0.149 e. The second kappa shape index (κ2) is 7.63. The lowest BCUT2D eigenvalue weighted by molar-refractivity contribution is 1.29. The average Bonchev–Trinajstić information content (AvgIpc) is 2.34. The Hall–Kier alpha value is -1.64. The molecule has 2 N–H and O–H groups in total. The van der Waals surface area contributed by atoms with Gasteiger partial charge < -0.3 is 5.73 Å². The second-order valence-electron chi connectivity index (χ2n) is 2.78. The maximum absolute atomic E-state index is 5.63. The maximum atomic E-state index is 5.63. The van der Waals surface area contributed by atoms with Crippen LogP contribution in [0.15, 0.2) is 24.5 Å². The van der Waals surface area contributed by atoms with Gasteiger partial charge in [0.1, 0.15) is 11.3 Å². The molecule has 2 aromatic heterocycles. The van der Waals surface area contributed by atoms with E-state index in [1.807, 2.05) is 46.8 Å². The van der Waals surface area contributed by atoms with E-state index in [1.165, 1.54) is 0 Å². The normalized spacial score (nSPS) is 8.56. The van der Waals surface area contributed by atoms with E-state index in [4.69, 9.17) is 5.73 Å². The van der Waals surface area contributed by atoms with E-state index in [0.717, 1.165) is 16.5 Å². The van der Waals surface area contributed by atoms with Crippen molar-refractivity contribution in [2.45, 2.75) is 34.6 Å². The van der Waals surface area contributed by atoms with E-state index in [-0.39, 0.29) is 0 Å². The number of aromatic nitrogens is 2. The zero-order chi connectivity index (χ0) is 12.6. The summed E-state index contributed by atoms with van der Waals surface area (Å²) in [7, 11) is 0. The van der Waals surface area contributed by atoms with Crippen LogP contribution in [-0.2, 0) is 0 Å². The van der Waals surface area contributed by atoms with E-state index in [0.29, 0.717) is 5.82 Å². The summed E-state index contributed by atoms with van der Waals surface area (Å²) in [5.41, 5.74) is 7.55. The van der Waals surface area contributed by atoms with Crippen LogP contribution in [0.1, 0.15) is 33.3 Å². The number of fused-ring (bicyclic) bond motifs is 1. The monoisotopic (exact) mass is 219 g/mol. The van der Waals surface area contributed by atoms with E-state index < -0.39 is 0 Å². The standard InChI is InChI=1S/C9H9N3.2C2H6/c1-6-4-7-2-3-11-9(10)8(7)12-5-6;2*1-2/h2-5H,1H3,(H2,10,11);2*1-2H3. The molecule has 0 unspecified atom stereocenters. The van der Waals surface area contributed by atoms with Crippen molar-refractivity contribution in [1.29, 1.82) is 0 Å². The SMILES string of the molecule is CC.CC.Cc1cnc2c(N)nccc2c1. The van der Waals surface area contributed by atoms with Gasteiger partial charge in [0.15, 0.2) is 0 Å². The lowest BCUT2D eigenvalue weighted by atomic mass is 10.2. The lowest BCUT2D eigenvalue weighted by Crippen LogP contribution is -1.92. The summed E-state index contributed by atoms with van der Waals surface area (Å²) in [6, 6.07) is 3.95. The highest BCUT2D eigenvalue weighted by Crippen LogP contribution is 2.15. The van der Waals surface area contributed by atoms with Gasteiger partial charge >= 0.3 is 0 Å². The Balaban J connectivity index is 0.000000509. The molecular weight excluding hydrogens is 198 g/mol. The zero-order valence-electron chi connectivity index (χ0n) is 10.8. The van der Waals surface area contributed by atoms with Crippen molar-refractivity contribution in [3.8, 4) is 0 Å². The van der Waals surface area contributed by atoms with Gasteiger partial charge in [0, 0.05) is 17.8 Å². The average molecular weight is 219 g/mol. The third kappa shape index (κ3) is 3.50. The van der Waals surface area contributed by atoms with Crippen molar-refractivity contribution < 1.29 is 0 Å². The smallest absolute Gasteiger partial charge is 0.149 e. The number of anilines is 1. The van der Waals surface area contributed by atoms with E-state index >= 15 is 0 Å². The van der Waals surface area contributed by atoms with E-state index in [1.54, 1.807) is 12.4 Å². The quantitative estimate of drug-likeness (QED) is 0.737. The molecule has 3 nitrogen and oxygen atoms in total. The van der Waals surface area contributed by atoms with Gasteiger partial charge in [-0.15, -0.1) is 0 Å². The van der Waals surface area contributed by atoms with Gasteiger partial charge in [0.05, 0.1) is 0 Å². The summed E-state index contributed by atoms with van der Waals surface area (Å²) in [6.45, 7) is 10.0. The number of pyridine rings is 2. The molecule has 16 heavy (non-hydrogen) atoms. The minimum Gasteiger partial charge on any atom is -0.382 e. The van der Waals surface area contributed by atoms with Crippen molar-refractivity contribution in [3.05, 3.63) is 30.1 Å². The van der Waals surface area contributed by atoms with Gasteiger partial charge in [0.2, 0.25) is 0 Å². The lowest BCUT2D eigenvalue weighted by Gasteiger charge is -1.99. The molecule has 0 fully saturated rings. The first-order chi connectivity index (χ1) is 7.77.